The Morgan fingerprint density at radius 1 is 1.38 bits per heavy atom. The first-order chi connectivity index (χ1) is 6.15. The van der Waals surface area contributed by atoms with Gasteiger partial charge in [0.25, 0.3) is 0 Å². The molecular weight excluding hydrogens is 162 g/mol. The van der Waals surface area contributed by atoms with E-state index < -0.39 is 0 Å². The molecule has 0 aliphatic carbocycles. The van der Waals surface area contributed by atoms with Gasteiger partial charge in [0.1, 0.15) is 11.8 Å². The highest BCUT2D eigenvalue weighted by molar-refractivity contribution is 5.38. The van der Waals surface area contributed by atoms with Crippen LogP contribution in [0.3, 0.4) is 0 Å². The minimum atomic E-state index is -0.388. The lowest BCUT2D eigenvalue weighted by atomic mass is 10.1. The molecule has 1 aromatic rings. The molecule has 0 bridgehead atoms. The van der Waals surface area contributed by atoms with Crippen LogP contribution in [-0.4, -0.2) is 6.10 Å². The van der Waals surface area contributed by atoms with Gasteiger partial charge in [0, 0.05) is 0 Å². The van der Waals surface area contributed by atoms with Crippen molar-refractivity contribution in [1.29, 1.82) is 5.26 Å². The Labute approximate surface area is 78.8 Å². The molecule has 2 heteroatoms. The third-order valence-corrected chi connectivity index (χ3v) is 2.04. The van der Waals surface area contributed by atoms with Gasteiger partial charge in [0.05, 0.1) is 0 Å². The van der Waals surface area contributed by atoms with Crippen LogP contribution in [0.25, 0.3) is 0 Å². The zero-order valence-electron chi connectivity index (χ0n) is 8.16. The topological polar surface area (TPSA) is 33.0 Å². The number of nitriles is 1. The zero-order valence-corrected chi connectivity index (χ0v) is 8.16. The molecule has 0 spiro atoms. The lowest BCUT2D eigenvalue weighted by Crippen LogP contribution is -2.09. The summed E-state index contributed by atoms with van der Waals surface area (Å²) in [4.78, 5) is 0. The number of ether oxygens (including phenoxy) is 1. The number of rotatable bonds is 2. The van der Waals surface area contributed by atoms with E-state index in [1.54, 1.807) is 6.92 Å². The summed E-state index contributed by atoms with van der Waals surface area (Å²) in [5.41, 5.74) is 2.28. The van der Waals surface area contributed by atoms with Crippen molar-refractivity contribution < 1.29 is 4.74 Å². The van der Waals surface area contributed by atoms with Gasteiger partial charge in [-0.05, 0) is 38.0 Å². The van der Waals surface area contributed by atoms with E-state index in [0.29, 0.717) is 0 Å². The van der Waals surface area contributed by atoms with Crippen molar-refractivity contribution >= 4 is 0 Å². The van der Waals surface area contributed by atoms with Gasteiger partial charge in [-0.2, -0.15) is 5.26 Å². The minimum Gasteiger partial charge on any atom is -0.476 e. The predicted molar refractivity (Wildman–Crippen MR) is 51.6 cm³/mol. The molecule has 2 nitrogen and oxygen atoms in total. The largest absolute Gasteiger partial charge is 0.476 e. The van der Waals surface area contributed by atoms with Crippen molar-refractivity contribution in [3.8, 4) is 11.8 Å². The summed E-state index contributed by atoms with van der Waals surface area (Å²) in [7, 11) is 0. The Kier molecular flexibility index (Phi) is 2.92. The highest BCUT2D eigenvalue weighted by Gasteiger charge is 2.05. The quantitative estimate of drug-likeness (QED) is 0.692. The first-order valence-electron chi connectivity index (χ1n) is 4.27. The number of aryl methyl sites for hydroxylation is 1. The van der Waals surface area contributed by atoms with Crippen LogP contribution in [0, 0.1) is 25.2 Å². The Morgan fingerprint density at radius 3 is 2.69 bits per heavy atom. The van der Waals surface area contributed by atoms with Crippen molar-refractivity contribution in [3.05, 3.63) is 29.3 Å². The van der Waals surface area contributed by atoms with Gasteiger partial charge in [-0.25, -0.2) is 0 Å². The first-order valence-corrected chi connectivity index (χ1v) is 4.27. The van der Waals surface area contributed by atoms with Crippen LogP contribution in [0.2, 0.25) is 0 Å². The molecule has 68 valence electrons. The van der Waals surface area contributed by atoms with Crippen LogP contribution < -0.4 is 4.74 Å². The summed E-state index contributed by atoms with van der Waals surface area (Å²) in [5.74, 6) is 0.800. The Hall–Kier alpha value is -1.49. The maximum absolute atomic E-state index is 8.58. The molecule has 0 N–H and O–H groups in total. The third kappa shape index (κ3) is 2.22. The van der Waals surface area contributed by atoms with E-state index in [0.717, 1.165) is 11.3 Å². The minimum absolute atomic E-state index is 0.388. The second kappa shape index (κ2) is 3.95. The summed E-state index contributed by atoms with van der Waals surface area (Å²) < 4.78 is 5.41. The number of nitrogens with zero attached hydrogens (tertiary/aromatic N) is 1. The van der Waals surface area contributed by atoms with Gasteiger partial charge >= 0.3 is 0 Å². The zero-order chi connectivity index (χ0) is 9.84. The molecule has 0 aromatic heterocycles. The molecule has 0 saturated carbocycles. The smallest absolute Gasteiger partial charge is 0.181 e. The van der Waals surface area contributed by atoms with E-state index in [9.17, 15) is 0 Å². The molecule has 0 aliphatic rings. The van der Waals surface area contributed by atoms with E-state index in [1.165, 1.54) is 5.56 Å². The summed E-state index contributed by atoms with van der Waals surface area (Å²) in [6.07, 6.45) is -0.388. The predicted octanol–water partition coefficient (Wildman–Crippen LogP) is 2.59. The van der Waals surface area contributed by atoms with Crippen molar-refractivity contribution in [1.82, 2.24) is 0 Å². The number of benzene rings is 1. The van der Waals surface area contributed by atoms with Gasteiger partial charge in [0.15, 0.2) is 6.10 Å². The van der Waals surface area contributed by atoms with Crippen LogP contribution in [-0.2, 0) is 0 Å². The van der Waals surface area contributed by atoms with Crippen LogP contribution in [0.4, 0.5) is 0 Å². The van der Waals surface area contributed by atoms with Crippen molar-refractivity contribution in [3.63, 3.8) is 0 Å². The van der Waals surface area contributed by atoms with Crippen LogP contribution in [0.1, 0.15) is 18.1 Å². The molecule has 0 amide bonds. The number of hydrogen-bond acceptors (Lipinski definition) is 2. The molecule has 0 saturated heterocycles. The van der Waals surface area contributed by atoms with Gasteiger partial charge in [0.2, 0.25) is 0 Å². The normalized spacial score (nSPS) is 11.8. The summed E-state index contributed by atoms with van der Waals surface area (Å²) >= 11 is 0. The first kappa shape index (κ1) is 9.60. The summed E-state index contributed by atoms with van der Waals surface area (Å²) in [5, 5.41) is 8.58. The molecular formula is C11H13NO. The van der Waals surface area contributed by atoms with E-state index in [1.807, 2.05) is 38.1 Å². The SMILES string of the molecule is Cc1cccc(OC(C)C#N)c1C. The average Bonchev–Trinajstić information content (AvgIpc) is 2.13. The highest BCUT2D eigenvalue weighted by atomic mass is 16.5. The van der Waals surface area contributed by atoms with E-state index in [-0.39, 0.29) is 6.10 Å². The maximum Gasteiger partial charge on any atom is 0.181 e. The maximum atomic E-state index is 8.58. The average molecular weight is 175 g/mol. The summed E-state index contributed by atoms with van der Waals surface area (Å²) in [6.45, 7) is 5.76. The van der Waals surface area contributed by atoms with Crippen molar-refractivity contribution in [2.45, 2.75) is 26.9 Å². The Bertz CT molecular complexity index is 338. The van der Waals surface area contributed by atoms with Crippen LogP contribution in [0.5, 0.6) is 5.75 Å². The second-order valence-electron chi connectivity index (χ2n) is 3.09. The molecule has 13 heavy (non-hydrogen) atoms. The van der Waals surface area contributed by atoms with Gasteiger partial charge in [-0.15, -0.1) is 0 Å². The molecule has 0 fully saturated rings. The third-order valence-electron chi connectivity index (χ3n) is 2.04. The molecule has 0 aliphatic heterocycles. The lowest BCUT2D eigenvalue weighted by Gasteiger charge is -2.11. The fourth-order valence-electron chi connectivity index (χ4n) is 1.07. The van der Waals surface area contributed by atoms with Gasteiger partial charge < -0.3 is 4.74 Å². The van der Waals surface area contributed by atoms with E-state index in [4.69, 9.17) is 10.00 Å². The van der Waals surface area contributed by atoms with E-state index >= 15 is 0 Å². The monoisotopic (exact) mass is 175 g/mol. The van der Waals surface area contributed by atoms with Gasteiger partial charge in [-0.1, -0.05) is 12.1 Å². The molecule has 0 heterocycles. The fourth-order valence-corrected chi connectivity index (χ4v) is 1.07. The standard InChI is InChI=1S/C11H13NO/c1-8-5-4-6-11(10(8)3)13-9(2)7-12/h4-6,9H,1-3H3. The molecule has 1 unspecified atom stereocenters. The molecule has 0 radical (unpaired) electrons. The Balaban J connectivity index is 2.90. The second-order valence-corrected chi connectivity index (χ2v) is 3.09. The van der Waals surface area contributed by atoms with Gasteiger partial charge in [-0.3, -0.25) is 0 Å². The van der Waals surface area contributed by atoms with Crippen LogP contribution >= 0.6 is 0 Å². The van der Waals surface area contributed by atoms with Crippen molar-refractivity contribution in [2.24, 2.45) is 0 Å². The Morgan fingerprint density at radius 2 is 2.08 bits per heavy atom. The van der Waals surface area contributed by atoms with E-state index in [2.05, 4.69) is 0 Å². The highest BCUT2D eigenvalue weighted by Crippen LogP contribution is 2.21. The molecule has 1 atom stereocenters. The van der Waals surface area contributed by atoms with Crippen LogP contribution in [0.15, 0.2) is 18.2 Å². The summed E-state index contributed by atoms with van der Waals surface area (Å²) in [6, 6.07) is 7.88. The number of hydrogen-bond donors (Lipinski definition) is 0. The van der Waals surface area contributed by atoms with Crippen molar-refractivity contribution in [2.75, 3.05) is 0 Å². The fraction of sp³-hybridized carbons (Fsp3) is 0.364. The molecule has 1 rings (SSSR count). The lowest BCUT2D eigenvalue weighted by molar-refractivity contribution is 0.274. The molecule has 1 aromatic carbocycles.